The van der Waals surface area contributed by atoms with Crippen molar-refractivity contribution in [3.05, 3.63) is 94.5 Å². The number of piperazine rings is 1. The molecule has 5 rings (SSSR count). The van der Waals surface area contributed by atoms with Gasteiger partial charge in [-0.3, -0.25) is 14.5 Å². The van der Waals surface area contributed by atoms with Crippen molar-refractivity contribution >= 4 is 40.1 Å². The molecule has 10 nitrogen and oxygen atoms in total. The predicted molar refractivity (Wildman–Crippen MR) is 165 cm³/mol. The molecule has 10 heteroatoms. The minimum absolute atomic E-state index is 0.0716. The van der Waals surface area contributed by atoms with Gasteiger partial charge in [-0.25, -0.2) is 9.79 Å². The number of H-pyrrole nitrogens is 1. The zero-order valence-electron chi connectivity index (χ0n) is 24.5. The number of aliphatic imine (C=N–C) groups is 1. The van der Waals surface area contributed by atoms with Gasteiger partial charge in [0.2, 0.25) is 5.91 Å². The summed E-state index contributed by atoms with van der Waals surface area (Å²) in [6.45, 7) is 7.64. The van der Waals surface area contributed by atoms with Gasteiger partial charge in [-0.05, 0) is 48.9 Å². The number of hydrogen-bond acceptors (Lipinski definition) is 7. The van der Waals surface area contributed by atoms with Crippen LogP contribution in [0.25, 0.3) is 10.9 Å². The quantitative estimate of drug-likeness (QED) is 0.213. The fourth-order valence-electron chi connectivity index (χ4n) is 5.30. The molecule has 2 amide bonds. The van der Waals surface area contributed by atoms with E-state index in [1.807, 2.05) is 48.2 Å². The number of nitrogens with one attached hydrogen (secondary N) is 2. The van der Waals surface area contributed by atoms with E-state index in [-0.39, 0.29) is 17.7 Å². The Morgan fingerprint density at radius 1 is 0.977 bits per heavy atom. The van der Waals surface area contributed by atoms with Gasteiger partial charge in [0.1, 0.15) is 0 Å². The summed E-state index contributed by atoms with van der Waals surface area (Å²) in [7, 11) is 1.33. The number of carbonyl (C=O) groups excluding carboxylic acids is 3. The van der Waals surface area contributed by atoms with Crippen LogP contribution in [0.5, 0.6) is 5.88 Å². The number of carbonyl (C=O) groups is 3. The number of hydrogen-bond donors (Lipinski definition) is 3. The Hall–Kier alpha value is -4.96. The second kappa shape index (κ2) is 12.9. The lowest BCUT2D eigenvalue weighted by Gasteiger charge is -2.34. The molecule has 0 unspecified atom stereocenters. The summed E-state index contributed by atoms with van der Waals surface area (Å²) >= 11 is 0. The summed E-state index contributed by atoms with van der Waals surface area (Å²) in [5, 5.41) is 14.7. The lowest BCUT2D eigenvalue weighted by atomic mass is 9.98. The molecule has 1 fully saturated rings. The summed E-state index contributed by atoms with van der Waals surface area (Å²) in [6, 6.07) is 20.0. The second-order valence-corrected chi connectivity index (χ2v) is 10.5. The molecule has 1 saturated heterocycles. The Balaban J connectivity index is 1.36. The van der Waals surface area contributed by atoms with Crippen LogP contribution in [0.4, 0.5) is 5.69 Å². The molecule has 1 aliphatic rings. The topological polar surface area (TPSA) is 127 Å². The van der Waals surface area contributed by atoms with Gasteiger partial charge in [0.15, 0.2) is 5.88 Å². The highest BCUT2D eigenvalue weighted by Crippen LogP contribution is 2.33. The van der Waals surface area contributed by atoms with Crippen molar-refractivity contribution in [1.82, 2.24) is 20.1 Å². The molecule has 0 bridgehead atoms. The Morgan fingerprint density at radius 3 is 2.33 bits per heavy atom. The minimum atomic E-state index is -0.455. The van der Waals surface area contributed by atoms with E-state index in [9.17, 15) is 19.5 Å². The third kappa shape index (κ3) is 6.60. The Kier molecular flexibility index (Phi) is 8.87. The van der Waals surface area contributed by atoms with Gasteiger partial charge in [-0.2, -0.15) is 0 Å². The van der Waals surface area contributed by atoms with E-state index in [0.29, 0.717) is 64.2 Å². The van der Waals surface area contributed by atoms with Crippen molar-refractivity contribution in [2.24, 2.45) is 4.99 Å². The smallest absolute Gasteiger partial charge is 0.338 e. The second-order valence-electron chi connectivity index (χ2n) is 10.5. The van der Waals surface area contributed by atoms with E-state index in [1.54, 1.807) is 37.3 Å². The minimum Gasteiger partial charge on any atom is -0.494 e. The number of amides is 2. The monoisotopic (exact) mass is 581 g/mol. The van der Waals surface area contributed by atoms with Gasteiger partial charge in [0, 0.05) is 68.2 Å². The highest BCUT2D eigenvalue weighted by atomic mass is 16.5. The fourth-order valence-corrected chi connectivity index (χ4v) is 5.30. The van der Waals surface area contributed by atoms with Crippen molar-refractivity contribution in [2.75, 3.05) is 46.4 Å². The Labute approximate surface area is 250 Å². The van der Waals surface area contributed by atoms with Crippen molar-refractivity contribution in [3.8, 4) is 5.88 Å². The maximum atomic E-state index is 12.8. The molecule has 0 radical (unpaired) electrons. The molecule has 0 atom stereocenters. The highest BCUT2D eigenvalue weighted by molar-refractivity contribution is 6.22. The molecule has 1 aromatic heterocycles. The maximum Gasteiger partial charge on any atom is 0.338 e. The number of aromatic nitrogens is 1. The maximum absolute atomic E-state index is 12.8. The molecular weight excluding hydrogens is 546 g/mol. The van der Waals surface area contributed by atoms with Gasteiger partial charge in [0.25, 0.3) is 5.91 Å². The van der Waals surface area contributed by atoms with Crippen molar-refractivity contribution in [3.63, 3.8) is 0 Å². The van der Waals surface area contributed by atoms with Gasteiger partial charge in [-0.15, -0.1) is 0 Å². The zero-order chi connectivity index (χ0) is 30.5. The highest BCUT2D eigenvalue weighted by Gasteiger charge is 2.22. The van der Waals surface area contributed by atoms with Gasteiger partial charge in [0.05, 0.1) is 29.6 Å². The summed E-state index contributed by atoms with van der Waals surface area (Å²) in [5.41, 5.74) is 4.65. The van der Waals surface area contributed by atoms with Crippen LogP contribution in [-0.2, 0) is 9.53 Å². The van der Waals surface area contributed by atoms with E-state index < -0.39 is 5.97 Å². The first-order chi connectivity index (χ1) is 20.7. The van der Waals surface area contributed by atoms with Crippen LogP contribution >= 0.6 is 0 Å². The van der Waals surface area contributed by atoms with E-state index in [2.05, 4.69) is 15.2 Å². The van der Waals surface area contributed by atoms with Crippen molar-refractivity contribution < 1.29 is 24.2 Å². The molecule has 43 heavy (non-hydrogen) atoms. The van der Waals surface area contributed by atoms with Crippen LogP contribution in [0, 0.1) is 6.92 Å². The first kappa shape index (κ1) is 29.5. The molecule has 1 aliphatic heterocycles. The third-order valence-electron chi connectivity index (χ3n) is 7.71. The van der Waals surface area contributed by atoms with Crippen molar-refractivity contribution in [2.45, 2.75) is 13.8 Å². The van der Waals surface area contributed by atoms with Crippen LogP contribution in [0.1, 0.15) is 44.3 Å². The molecule has 0 saturated carbocycles. The molecule has 4 aromatic rings. The normalized spacial score (nSPS) is 14.1. The summed E-state index contributed by atoms with van der Waals surface area (Å²) in [4.78, 5) is 48.5. The average molecular weight is 582 g/mol. The van der Waals surface area contributed by atoms with Crippen LogP contribution in [0.2, 0.25) is 0 Å². The number of nitrogens with zero attached hydrogens (tertiary/aromatic N) is 3. The first-order valence-corrected chi connectivity index (χ1v) is 14.2. The Morgan fingerprint density at radius 2 is 1.67 bits per heavy atom. The molecule has 0 aliphatic carbocycles. The molecule has 3 N–H and O–H groups in total. The summed E-state index contributed by atoms with van der Waals surface area (Å²) in [6.07, 6.45) is 0. The van der Waals surface area contributed by atoms with Crippen LogP contribution in [-0.4, -0.2) is 89.8 Å². The number of aromatic hydroxyl groups is 1. The SMILES string of the molecule is COC(=O)c1cc2[nH]c(O)c(C(=Nc3ccc(C(=O)NCCN4CCN(C(C)=O)CC4)cc3)c3ccccc3)c2cc1C. The number of aromatic amines is 1. The van der Waals surface area contributed by atoms with E-state index >= 15 is 0 Å². The van der Waals surface area contributed by atoms with Crippen LogP contribution in [0.15, 0.2) is 71.7 Å². The molecule has 0 spiro atoms. The summed E-state index contributed by atoms with van der Waals surface area (Å²) in [5.74, 6) is -0.604. The number of rotatable bonds is 8. The molecule has 3 aromatic carbocycles. The van der Waals surface area contributed by atoms with Gasteiger partial charge >= 0.3 is 5.97 Å². The number of benzene rings is 3. The number of fused-ring (bicyclic) bond motifs is 1. The first-order valence-electron chi connectivity index (χ1n) is 14.2. The van der Waals surface area contributed by atoms with Gasteiger partial charge in [-0.1, -0.05) is 30.3 Å². The lowest BCUT2D eigenvalue weighted by molar-refractivity contribution is -0.130. The third-order valence-corrected chi connectivity index (χ3v) is 7.71. The number of esters is 1. The zero-order valence-corrected chi connectivity index (χ0v) is 24.5. The largest absolute Gasteiger partial charge is 0.494 e. The predicted octanol–water partition coefficient (Wildman–Crippen LogP) is 4.03. The number of methoxy groups -OCH3 is 1. The van der Waals surface area contributed by atoms with Crippen LogP contribution in [0.3, 0.4) is 0 Å². The summed E-state index contributed by atoms with van der Waals surface area (Å²) < 4.78 is 4.90. The fraction of sp³-hybridized carbons (Fsp3) is 0.273. The average Bonchev–Trinajstić information content (AvgIpc) is 3.34. The Bertz CT molecular complexity index is 1670. The molecule has 222 valence electrons. The molecule has 2 heterocycles. The lowest BCUT2D eigenvalue weighted by Crippen LogP contribution is -2.49. The van der Waals surface area contributed by atoms with Crippen LogP contribution < -0.4 is 5.32 Å². The molecular formula is C33H35N5O5. The van der Waals surface area contributed by atoms with Gasteiger partial charge < -0.3 is 25.0 Å². The van der Waals surface area contributed by atoms with E-state index in [0.717, 1.165) is 25.2 Å². The number of ether oxygens (including phenoxy) is 1. The standard InChI is InChI=1S/C33H35N5O5/c1-21-19-27-28(20-26(21)33(42)43-3)36-32(41)29(27)30(23-7-5-4-6-8-23)35-25-11-9-24(10-12-25)31(40)34-13-14-37-15-17-38(18-16-37)22(2)39/h4-12,19-20,36,41H,13-18H2,1-3H3,(H,34,40). The van der Waals surface area contributed by atoms with E-state index in [4.69, 9.17) is 9.73 Å². The van der Waals surface area contributed by atoms with E-state index in [1.165, 1.54) is 7.11 Å². The number of aryl methyl sites for hydroxylation is 1. The van der Waals surface area contributed by atoms with Crippen molar-refractivity contribution in [1.29, 1.82) is 0 Å².